The number of furan rings is 1. The van der Waals surface area contributed by atoms with Crippen LogP contribution in [0.3, 0.4) is 0 Å². The highest BCUT2D eigenvalue weighted by Gasteiger charge is 2.22. The maximum Gasteiger partial charge on any atom is 0.105 e. The molecule has 4 nitrogen and oxygen atoms in total. The molecule has 0 aliphatic rings. The molecule has 0 amide bonds. The fraction of sp³-hybridized carbons (Fsp3) is 0.462. The molecule has 2 rings (SSSR count). The van der Waals surface area contributed by atoms with Crippen LogP contribution < -0.4 is 5.32 Å². The minimum atomic E-state index is 0.0900. The van der Waals surface area contributed by atoms with Gasteiger partial charge in [-0.2, -0.15) is 5.10 Å². The number of aromatic nitrogens is 2. The Bertz CT molecular complexity index is 518. The Balaban J connectivity index is 2.45. The molecular weight excluding hydrogens is 294 g/mol. The van der Waals surface area contributed by atoms with Gasteiger partial charge in [0.2, 0.25) is 0 Å². The maximum atomic E-state index is 5.40. The monoisotopic (exact) mass is 311 g/mol. The van der Waals surface area contributed by atoms with Gasteiger partial charge in [-0.15, -0.1) is 0 Å². The summed E-state index contributed by atoms with van der Waals surface area (Å²) in [5, 5.41) is 7.75. The van der Waals surface area contributed by atoms with Crippen LogP contribution in [-0.4, -0.2) is 16.8 Å². The number of nitrogens with one attached hydrogen (secondary N) is 1. The van der Waals surface area contributed by atoms with E-state index in [9.17, 15) is 0 Å². The first-order valence-corrected chi connectivity index (χ1v) is 6.90. The molecule has 2 aromatic rings. The first-order chi connectivity index (χ1) is 8.69. The van der Waals surface area contributed by atoms with Gasteiger partial charge in [-0.05, 0) is 42.4 Å². The molecule has 2 heterocycles. The zero-order chi connectivity index (χ0) is 13.1. The van der Waals surface area contributed by atoms with Crippen LogP contribution in [0.15, 0.2) is 27.4 Å². The van der Waals surface area contributed by atoms with E-state index in [4.69, 9.17) is 4.42 Å². The summed E-state index contributed by atoms with van der Waals surface area (Å²) in [6.07, 6.45) is 4.64. The lowest BCUT2D eigenvalue weighted by atomic mass is 10.0. The summed E-state index contributed by atoms with van der Waals surface area (Å²) in [6.45, 7) is 5.04. The molecular formula is C13H18BrN3O. The zero-order valence-corrected chi connectivity index (χ0v) is 12.5. The first-order valence-electron chi connectivity index (χ1n) is 6.11. The molecule has 0 spiro atoms. The second kappa shape index (κ2) is 5.71. The van der Waals surface area contributed by atoms with Crippen LogP contribution in [0.4, 0.5) is 0 Å². The van der Waals surface area contributed by atoms with E-state index in [1.807, 2.05) is 30.9 Å². The van der Waals surface area contributed by atoms with Crippen molar-refractivity contribution in [2.45, 2.75) is 32.9 Å². The van der Waals surface area contributed by atoms with Gasteiger partial charge < -0.3 is 9.73 Å². The zero-order valence-electron chi connectivity index (χ0n) is 10.9. The molecule has 98 valence electrons. The molecule has 1 N–H and O–H groups in total. The van der Waals surface area contributed by atoms with Gasteiger partial charge in [0.25, 0.3) is 0 Å². The summed E-state index contributed by atoms with van der Waals surface area (Å²) in [5.74, 6) is 0.936. The Morgan fingerprint density at radius 2 is 2.33 bits per heavy atom. The minimum Gasteiger partial charge on any atom is -0.469 e. The van der Waals surface area contributed by atoms with Crippen molar-refractivity contribution in [2.75, 3.05) is 7.05 Å². The van der Waals surface area contributed by atoms with Gasteiger partial charge >= 0.3 is 0 Å². The number of hydrogen-bond acceptors (Lipinski definition) is 3. The highest BCUT2D eigenvalue weighted by molar-refractivity contribution is 9.10. The lowest BCUT2D eigenvalue weighted by molar-refractivity contribution is 0.507. The van der Waals surface area contributed by atoms with E-state index < -0.39 is 0 Å². The molecule has 2 aromatic heterocycles. The topological polar surface area (TPSA) is 43.0 Å². The second-order valence-corrected chi connectivity index (χ2v) is 5.11. The minimum absolute atomic E-state index is 0.0900. The van der Waals surface area contributed by atoms with Gasteiger partial charge in [0.05, 0.1) is 28.7 Å². The SMILES string of the molecule is CCCn1ncc(Br)c1C(NC)c1ccoc1C. The Kier molecular flexibility index (Phi) is 4.24. The first kappa shape index (κ1) is 13.4. The average Bonchev–Trinajstić information content (AvgIpc) is 2.91. The molecule has 18 heavy (non-hydrogen) atoms. The van der Waals surface area contributed by atoms with Crippen molar-refractivity contribution in [1.29, 1.82) is 0 Å². The maximum absolute atomic E-state index is 5.40. The quantitative estimate of drug-likeness (QED) is 0.921. The summed E-state index contributed by atoms with van der Waals surface area (Å²) in [6, 6.07) is 2.10. The number of halogens is 1. The van der Waals surface area contributed by atoms with Gasteiger partial charge in [0.15, 0.2) is 0 Å². The molecule has 0 aromatic carbocycles. The molecule has 1 unspecified atom stereocenters. The van der Waals surface area contributed by atoms with E-state index >= 15 is 0 Å². The largest absolute Gasteiger partial charge is 0.469 e. The molecule has 0 saturated carbocycles. The van der Waals surface area contributed by atoms with E-state index in [1.165, 1.54) is 0 Å². The molecule has 5 heteroatoms. The second-order valence-electron chi connectivity index (χ2n) is 4.25. The van der Waals surface area contributed by atoms with E-state index in [-0.39, 0.29) is 6.04 Å². The van der Waals surface area contributed by atoms with Crippen LogP contribution >= 0.6 is 15.9 Å². The standard InChI is InChI=1S/C13H18BrN3O/c1-4-6-17-13(11(14)8-16-17)12(15-3)10-5-7-18-9(10)2/h5,7-8,12,15H,4,6H2,1-3H3. The van der Waals surface area contributed by atoms with Crippen LogP contribution in [0.1, 0.15) is 36.4 Å². The van der Waals surface area contributed by atoms with Crippen molar-refractivity contribution in [3.63, 3.8) is 0 Å². The summed E-state index contributed by atoms with van der Waals surface area (Å²) in [7, 11) is 1.95. The highest BCUT2D eigenvalue weighted by atomic mass is 79.9. The van der Waals surface area contributed by atoms with Crippen LogP contribution in [-0.2, 0) is 6.54 Å². The average molecular weight is 312 g/mol. The Morgan fingerprint density at radius 1 is 1.56 bits per heavy atom. The normalized spacial score (nSPS) is 12.9. The summed E-state index contributed by atoms with van der Waals surface area (Å²) >= 11 is 3.58. The molecule has 0 radical (unpaired) electrons. The summed E-state index contributed by atoms with van der Waals surface area (Å²) in [4.78, 5) is 0. The number of rotatable bonds is 5. The molecule has 0 bridgehead atoms. The lowest BCUT2D eigenvalue weighted by Gasteiger charge is -2.18. The van der Waals surface area contributed by atoms with Gasteiger partial charge in [0, 0.05) is 12.1 Å². The van der Waals surface area contributed by atoms with Gasteiger partial charge in [0.1, 0.15) is 5.76 Å². The summed E-state index contributed by atoms with van der Waals surface area (Å²) < 4.78 is 8.46. The van der Waals surface area contributed by atoms with Crippen LogP contribution in [0, 0.1) is 6.92 Å². The van der Waals surface area contributed by atoms with Crippen molar-refractivity contribution in [2.24, 2.45) is 0 Å². The number of nitrogens with zero attached hydrogens (tertiary/aromatic N) is 2. The molecule has 1 atom stereocenters. The van der Waals surface area contributed by atoms with Gasteiger partial charge in [-0.25, -0.2) is 0 Å². The fourth-order valence-corrected chi connectivity index (χ4v) is 2.71. The predicted molar refractivity (Wildman–Crippen MR) is 74.6 cm³/mol. The van der Waals surface area contributed by atoms with Crippen molar-refractivity contribution in [3.05, 3.63) is 40.0 Å². The number of hydrogen-bond donors (Lipinski definition) is 1. The van der Waals surface area contributed by atoms with Gasteiger partial charge in [-0.3, -0.25) is 4.68 Å². The Labute approximate surface area is 115 Å². The third kappa shape index (κ3) is 2.37. The van der Waals surface area contributed by atoms with Crippen molar-refractivity contribution in [1.82, 2.24) is 15.1 Å². The molecule has 0 aliphatic carbocycles. The smallest absolute Gasteiger partial charge is 0.105 e. The van der Waals surface area contributed by atoms with E-state index in [0.717, 1.165) is 34.5 Å². The fourth-order valence-electron chi connectivity index (χ4n) is 2.18. The highest BCUT2D eigenvalue weighted by Crippen LogP contribution is 2.30. The van der Waals surface area contributed by atoms with Crippen molar-refractivity contribution < 1.29 is 4.42 Å². The number of aryl methyl sites for hydroxylation is 2. The van der Waals surface area contributed by atoms with Crippen LogP contribution in [0.2, 0.25) is 0 Å². The third-order valence-electron chi connectivity index (χ3n) is 3.04. The van der Waals surface area contributed by atoms with Crippen LogP contribution in [0.25, 0.3) is 0 Å². The summed E-state index contributed by atoms with van der Waals surface area (Å²) in [5.41, 5.74) is 2.29. The molecule has 0 saturated heterocycles. The van der Waals surface area contributed by atoms with Gasteiger partial charge in [-0.1, -0.05) is 6.92 Å². The van der Waals surface area contributed by atoms with E-state index in [2.05, 4.69) is 33.3 Å². The lowest BCUT2D eigenvalue weighted by Crippen LogP contribution is -2.22. The molecule has 0 fully saturated rings. The van der Waals surface area contributed by atoms with E-state index in [1.54, 1.807) is 6.26 Å². The van der Waals surface area contributed by atoms with E-state index in [0.29, 0.717) is 0 Å². The molecule has 0 aliphatic heterocycles. The third-order valence-corrected chi connectivity index (χ3v) is 3.65. The van der Waals surface area contributed by atoms with Crippen molar-refractivity contribution >= 4 is 15.9 Å². The van der Waals surface area contributed by atoms with Crippen molar-refractivity contribution in [3.8, 4) is 0 Å². The predicted octanol–water partition coefficient (Wildman–Crippen LogP) is 3.27. The Morgan fingerprint density at radius 3 is 2.89 bits per heavy atom. The van der Waals surface area contributed by atoms with Crippen LogP contribution in [0.5, 0.6) is 0 Å². The Hall–Kier alpha value is -1.07.